The van der Waals surface area contributed by atoms with Gasteiger partial charge in [0.25, 0.3) is 0 Å². The Labute approximate surface area is 106 Å². The van der Waals surface area contributed by atoms with Gasteiger partial charge in [0.1, 0.15) is 11.2 Å². The summed E-state index contributed by atoms with van der Waals surface area (Å²) in [5.74, 6) is 0. The van der Waals surface area contributed by atoms with E-state index in [1.165, 1.54) is 0 Å². The standard InChI is InChI=1S/C13H14ClN3/c1-9-6-11(17-12(14)10(9)7-15)13(2)4-3-5-16-8-13/h3-4,6,16H,5,8H2,1-2H3. The Morgan fingerprint density at radius 3 is 2.88 bits per heavy atom. The molecule has 0 fully saturated rings. The molecule has 3 nitrogen and oxygen atoms in total. The van der Waals surface area contributed by atoms with E-state index in [0.717, 1.165) is 24.3 Å². The zero-order chi connectivity index (χ0) is 12.5. The second-order valence-corrected chi connectivity index (χ2v) is 4.91. The van der Waals surface area contributed by atoms with E-state index in [-0.39, 0.29) is 5.41 Å². The van der Waals surface area contributed by atoms with Gasteiger partial charge >= 0.3 is 0 Å². The van der Waals surface area contributed by atoms with Crippen molar-refractivity contribution in [2.75, 3.05) is 13.1 Å². The van der Waals surface area contributed by atoms with Gasteiger partial charge in [0.05, 0.1) is 11.3 Å². The number of nitriles is 1. The number of nitrogens with zero attached hydrogens (tertiary/aromatic N) is 2. The lowest BCUT2D eigenvalue weighted by atomic mass is 9.83. The molecule has 0 radical (unpaired) electrons. The van der Waals surface area contributed by atoms with Crippen LogP contribution in [-0.4, -0.2) is 18.1 Å². The molecule has 1 aliphatic rings. The van der Waals surface area contributed by atoms with Crippen LogP contribution < -0.4 is 5.32 Å². The van der Waals surface area contributed by atoms with Gasteiger partial charge in [0, 0.05) is 18.5 Å². The van der Waals surface area contributed by atoms with Crippen LogP contribution in [-0.2, 0) is 5.41 Å². The summed E-state index contributed by atoms with van der Waals surface area (Å²) >= 11 is 6.04. The molecule has 1 N–H and O–H groups in total. The third-order valence-electron chi connectivity index (χ3n) is 3.11. The minimum absolute atomic E-state index is 0.152. The van der Waals surface area contributed by atoms with Crippen molar-refractivity contribution in [2.45, 2.75) is 19.3 Å². The normalized spacial score (nSPS) is 23.4. The highest BCUT2D eigenvalue weighted by atomic mass is 35.5. The summed E-state index contributed by atoms with van der Waals surface area (Å²) < 4.78 is 0. The third-order valence-corrected chi connectivity index (χ3v) is 3.38. The quantitative estimate of drug-likeness (QED) is 0.612. The molecule has 0 bridgehead atoms. The van der Waals surface area contributed by atoms with E-state index < -0.39 is 0 Å². The fraction of sp³-hybridized carbons (Fsp3) is 0.385. The van der Waals surface area contributed by atoms with Gasteiger partial charge in [-0.1, -0.05) is 23.8 Å². The Morgan fingerprint density at radius 1 is 1.59 bits per heavy atom. The number of hydrogen-bond acceptors (Lipinski definition) is 3. The van der Waals surface area contributed by atoms with Gasteiger partial charge in [-0.15, -0.1) is 0 Å². The lowest BCUT2D eigenvalue weighted by molar-refractivity contribution is 0.502. The van der Waals surface area contributed by atoms with Crippen LogP contribution in [0.4, 0.5) is 0 Å². The summed E-state index contributed by atoms with van der Waals surface area (Å²) in [5, 5.41) is 12.6. The highest BCUT2D eigenvalue weighted by Crippen LogP contribution is 2.28. The first-order chi connectivity index (χ1) is 8.07. The second-order valence-electron chi connectivity index (χ2n) is 4.55. The molecule has 0 aliphatic carbocycles. The first-order valence-electron chi connectivity index (χ1n) is 5.53. The average Bonchev–Trinajstić information content (AvgIpc) is 2.29. The van der Waals surface area contributed by atoms with Crippen molar-refractivity contribution in [1.29, 1.82) is 5.26 Å². The van der Waals surface area contributed by atoms with Gasteiger partial charge in [-0.25, -0.2) is 4.98 Å². The fourth-order valence-corrected chi connectivity index (χ4v) is 2.31. The van der Waals surface area contributed by atoms with Crippen molar-refractivity contribution in [1.82, 2.24) is 10.3 Å². The van der Waals surface area contributed by atoms with Gasteiger partial charge in [0.2, 0.25) is 0 Å². The molecule has 0 saturated heterocycles. The summed E-state index contributed by atoms with van der Waals surface area (Å²) in [6, 6.07) is 4.02. The molecule has 4 heteroatoms. The van der Waals surface area contributed by atoms with E-state index in [0.29, 0.717) is 10.7 Å². The van der Waals surface area contributed by atoms with Crippen LogP contribution in [0.3, 0.4) is 0 Å². The Morgan fingerprint density at radius 2 is 2.35 bits per heavy atom. The predicted molar refractivity (Wildman–Crippen MR) is 68.1 cm³/mol. The number of aromatic nitrogens is 1. The Bertz CT molecular complexity index is 493. The molecule has 1 aromatic rings. The molecule has 0 saturated carbocycles. The number of aryl methyl sites for hydroxylation is 1. The van der Waals surface area contributed by atoms with Crippen molar-refractivity contribution < 1.29 is 0 Å². The van der Waals surface area contributed by atoms with E-state index in [1.54, 1.807) is 0 Å². The molecule has 0 spiro atoms. The number of hydrogen-bond donors (Lipinski definition) is 1. The molecule has 0 amide bonds. The predicted octanol–water partition coefficient (Wildman–Crippen LogP) is 2.33. The SMILES string of the molecule is Cc1cc(C2(C)C=CCNC2)nc(Cl)c1C#N. The number of pyridine rings is 1. The molecule has 1 aromatic heterocycles. The van der Waals surface area contributed by atoms with Crippen molar-refractivity contribution >= 4 is 11.6 Å². The summed E-state index contributed by atoms with van der Waals surface area (Å²) in [7, 11) is 0. The van der Waals surface area contributed by atoms with E-state index in [4.69, 9.17) is 16.9 Å². The summed E-state index contributed by atoms with van der Waals surface area (Å²) in [5.41, 5.74) is 2.09. The van der Waals surface area contributed by atoms with Gasteiger partial charge in [-0.3, -0.25) is 0 Å². The van der Waals surface area contributed by atoms with E-state index >= 15 is 0 Å². The molecule has 2 rings (SSSR count). The van der Waals surface area contributed by atoms with E-state index in [1.807, 2.05) is 13.0 Å². The van der Waals surface area contributed by atoms with Crippen LogP contribution in [0.2, 0.25) is 5.15 Å². The highest BCUT2D eigenvalue weighted by molar-refractivity contribution is 6.30. The Balaban J connectivity index is 2.51. The maximum Gasteiger partial charge on any atom is 0.147 e. The third kappa shape index (κ3) is 2.19. The summed E-state index contributed by atoms with van der Waals surface area (Å²) in [4.78, 5) is 4.35. The van der Waals surface area contributed by atoms with Gasteiger partial charge in [-0.05, 0) is 25.5 Å². The highest BCUT2D eigenvalue weighted by Gasteiger charge is 2.27. The van der Waals surface area contributed by atoms with E-state index in [2.05, 4.69) is 35.4 Å². The second kappa shape index (κ2) is 4.48. The van der Waals surface area contributed by atoms with Crippen LogP contribution in [0.1, 0.15) is 23.7 Å². The monoisotopic (exact) mass is 247 g/mol. The van der Waals surface area contributed by atoms with Crippen LogP contribution in [0, 0.1) is 18.3 Å². The summed E-state index contributed by atoms with van der Waals surface area (Å²) in [6.07, 6.45) is 4.24. The zero-order valence-corrected chi connectivity index (χ0v) is 10.7. The zero-order valence-electron chi connectivity index (χ0n) is 9.92. The molecule has 0 aromatic carbocycles. The average molecular weight is 248 g/mol. The molecule has 88 valence electrons. The summed E-state index contributed by atoms with van der Waals surface area (Å²) in [6.45, 7) is 5.72. The van der Waals surface area contributed by atoms with Crippen LogP contribution in [0.25, 0.3) is 0 Å². The van der Waals surface area contributed by atoms with Gasteiger partial charge in [0.15, 0.2) is 0 Å². The van der Waals surface area contributed by atoms with Crippen molar-refractivity contribution in [2.24, 2.45) is 0 Å². The fourth-order valence-electron chi connectivity index (χ4n) is 2.03. The largest absolute Gasteiger partial charge is 0.312 e. The number of halogens is 1. The lowest BCUT2D eigenvalue weighted by Gasteiger charge is -2.29. The maximum atomic E-state index is 8.96. The Hall–Kier alpha value is -1.37. The van der Waals surface area contributed by atoms with Gasteiger partial charge < -0.3 is 5.32 Å². The van der Waals surface area contributed by atoms with E-state index in [9.17, 15) is 0 Å². The maximum absolute atomic E-state index is 8.96. The number of nitrogens with one attached hydrogen (secondary N) is 1. The lowest BCUT2D eigenvalue weighted by Crippen LogP contribution is -2.38. The van der Waals surface area contributed by atoms with Gasteiger partial charge in [-0.2, -0.15) is 5.26 Å². The topological polar surface area (TPSA) is 48.7 Å². The van der Waals surface area contributed by atoms with Crippen molar-refractivity contribution in [3.63, 3.8) is 0 Å². The Kier molecular flexibility index (Phi) is 3.19. The minimum Gasteiger partial charge on any atom is -0.312 e. The molecule has 2 heterocycles. The smallest absolute Gasteiger partial charge is 0.147 e. The van der Waals surface area contributed by atoms with Crippen molar-refractivity contribution in [3.05, 3.63) is 40.2 Å². The minimum atomic E-state index is -0.152. The molecular weight excluding hydrogens is 234 g/mol. The van der Waals surface area contributed by atoms with Crippen molar-refractivity contribution in [3.8, 4) is 6.07 Å². The van der Waals surface area contributed by atoms with Crippen LogP contribution in [0.15, 0.2) is 18.2 Å². The molecule has 17 heavy (non-hydrogen) atoms. The van der Waals surface area contributed by atoms with Crippen LogP contribution in [0.5, 0.6) is 0 Å². The molecule has 1 aliphatic heterocycles. The first-order valence-corrected chi connectivity index (χ1v) is 5.91. The molecule has 1 unspecified atom stereocenters. The first kappa shape index (κ1) is 12.1. The van der Waals surface area contributed by atoms with Crippen LogP contribution >= 0.6 is 11.6 Å². The molecular formula is C13H14ClN3. The molecule has 1 atom stereocenters. The number of rotatable bonds is 1.